The molecule has 0 radical (unpaired) electrons. The number of thiophene rings is 1. The first kappa shape index (κ1) is 18.2. The zero-order valence-electron chi connectivity index (χ0n) is 17.2. The van der Waals surface area contributed by atoms with Crippen molar-refractivity contribution in [3.8, 4) is 0 Å². The number of aryl methyl sites for hydroxylation is 1. The fourth-order valence-electron chi connectivity index (χ4n) is 4.49. The fourth-order valence-corrected chi connectivity index (χ4v) is 5.59. The van der Waals surface area contributed by atoms with E-state index in [1.165, 1.54) is 53.6 Å². The van der Waals surface area contributed by atoms with Gasteiger partial charge in [0.05, 0.1) is 0 Å². The first-order valence-electron chi connectivity index (χ1n) is 10.5. The van der Waals surface area contributed by atoms with Crippen LogP contribution >= 0.6 is 11.3 Å². The summed E-state index contributed by atoms with van der Waals surface area (Å²) in [5.41, 5.74) is 4.81. The number of rotatable bonds is 3. The lowest BCUT2D eigenvalue weighted by Crippen LogP contribution is -2.10. The van der Waals surface area contributed by atoms with E-state index in [4.69, 9.17) is 0 Å². The average Bonchev–Trinajstić information content (AvgIpc) is 3.20. The molecule has 6 rings (SSSR count). The molecule has 0 aliphatic rings. The molecule has 0 saturated carbocycles. The van der Waals surface area contributed by atoms with Crippen LogP contribution < -0.4 is 4.90 Å². The maximum absolute atomic E-state index is 2.36. The third-order valence-electron chi connectivity index (χ3n) is 5.97. The van der Waals surface area contributed by atoms with Gasteiger partial charge in [0.2, 0.25) is 0 Å². The summed E-state index contributed by atoms with van der Waals surface area (Å²) in [6.45, 7) is 2.18. The van der Waals surface area contributed by atoms with Crippen LogP contribution in [0.5, 0.6) is 0 Å². The first-order valence-corrected chi connectivity index (χ1v) is 11.4. The molecule has 148 valence electrons. The van der Waals surface area contributed by atoms with Crippen molar-refractivity contribution in [1.29, 1.82) is 0 Å². The molecule has 5 aromatic carbocycles. The van der Waals surface area contributed by atoms with E-state index in [2.05, 4.69) is 121 Å². The minimum absolute atomic E-state index is 1.17. The molecule has 0 atom stereocenters. The zero-order chi connectivity index (χ0) is 20.8. The quantitative estimate of drug-likeness (QED) is 0.279. The predicted octanol–water partition coefficient (Wildman–Crippen LogP) is 8.99. The molecular formula is C29H21NS. The zero-order valence-corrected chi connectivity index (χ0v) is 18.1. The maximum Gasteiger partial charge on any atom is 0.0490 e. The van der Waals surface area contributed by atoms with Gasteiger partial charge >= 0.3 is 0 Å². The van der Waals surface area contributed by atoms with Gasteiger partial charge in [-0.2, -0.15) is 0 Å². The lowest BCUT2D eigenvalue weighted by atomic mass is 10.0. The van der Waals surface area contributed by atoms with E-state index >= 15 is 0 Å². The monoisotopic (exact) mass is 415 g/mol. The highest BCUT2D eigenvalue weighted by atomic mass is 32.1. The van der Waals surface area contributed by atoms with Gasteiger partial charge in [-0.05, 0) is 65.7 Å². The van der Waals surface area contributed by atoms with Gasteiger partial charge in [0.25, 0.3) is 0 Å². The van der Waals surface area contributed by atoms with Crippen molar-refractivity contribution in [2.75, 3.05) is 4.90 Å². The van der Waals surface area contributed by atoms with E-state index < -0.39 is 0 Å². The van der Waals surface area contributed by atoms with Gasteiger partial charge in [0, 0.05) is 37.2 Å². The molecule has 0 bridgehead atoms. The Labute approximate surface area is 185 Å². The number of hydrogen-bond acceptors (Lipinski definition) is 2. The third kappa shape index (κ3) is 2.99. The van der Waals surface area contributed by atoms with Gasteiger partial charge in [-0.1, -0.05) is 66.7 Å². The molecule has 0 aliphatic heterocycles. The average molecular weight is 416 g/mol. The Balaban J connectivity index is 1.65. The Morgan fingerprint density at radius 3 is 2.19 bits per heavy atom. The van der Waals surface area contributed by atoms with E-state index in [-0.39, 0.29) is 0 Å². The predicted molar refractivity (Wildman–Crippen MR) is 136 cm³/mol. The van der Waals surface area contributed by atoms with Gasteiger partial charge in [-0.15, -0.1) is 11.3 Å². The van der Waals surface area contributed by atoms with Gasteiger partial charge in [0.15, 0.2) is 0 Å². The summed E-state index contributed by atoms with van der Waals surface area (Å²) in [5, 5.41) is 5.30. The number of para-hydroxylation sites is 2. The van der Waals surface area contributed by atoms with Crippen LogP contribution in [0.4, 0.5) is 17.1 Å². The summed E-state index contributed by atoms with van der Waals surface area (Å²) >= 11 is 1.87. The Hall–Kier alpha value is -3.62. The SMILES string of the molecule is Cc1ccccc1N(c1ccccc1)c1ccc2sc3ccc4ccccc4c3c2c1. The Bertz CT molecular complexity index is 1550. The summed E-state index contributed by atoms with van der Waals surface area (Å²) in [7, 11) is 0. The van der Waals surface area contributed by atoms with Crippen LogP contribution in [-0.4, -0.2) is 0 Å². The number of fused-ring (bicyclic) bond motifs is 5. The molecule has 1 aromatic heterocycles. The molecule has 0 fully saturated rings. The molecule has 2 heteroatoms. The van der Waals surface area contributed by atoms with Crippen molar-refractivity contribution >= 4 is 59.3 Å². The summed E-state index contributed by atoms with van der Waals surface area (Å²) < 4.78 is 2.67. The largest absolute Gasteiger partial charge is 0.310 e. The molecule has 6 aromatic rings. The first-order chi connectivity index (χ1) is 15.3. The molecule has 0 spiro atoms. The molecule has 0 aliphatic carbocycles. The lowest BCUT2D eigenvalue weighted by Gasteiger charge is -2.27. The normalized spacial score (nSPS) is 11.4. The highest BCUT2D eigenvalue weighted by Crippen LogP contribution is 2.43. The van der Waals surface area contributed by atoms with E-state index in [0.717, 1.165) is 0 Å². The van der Waals surface area contributed by atoms with E-state index in [1.54, 1.807) is 0 Å². The van der Waals surface area contributed by atoms with Gasteiger partial charge < -0.3 is 4.90 Å². The fraction of sp³-hybridized carbons (Fsp3) is 0.0345. The number of anilines is 3. The van der Waals surface area contributed by atoms with Gasteiger partial charge in [-0.25, -0.2) is 0 Å². The van der Waals surface area contributed by atoms with Crippen molar-refractivity contribution in [1.82, 2.24) is 0 Å². The lowest BCUT2D eigenvalue weighted by molar-refractivity contribution is 1.25. The highest BCUT2D eigenvalue weighted by Gasteiger charge is 2.16. The minimum atomic E-state index is 1.17. The Morgan fingerprint density at radius 1 is 0.581 bits per heavy atom. The molecule has 0 N–H and O–H groups in total. The number of nitrogens with zero attached hydrogens (tertiary/aromatic N) is 1. The van der Waals surface area contributed by atoms with Crippen LogP contribution in [0.2, 0.25) is 0 Å². The maximum atomic E-state index is 2.36. The molecule has 0 unspecified atom stereocenters. The number of benzene rings is 5. The van der Waals surface area contributed by atoms with Crippen LogP contribution in [0.15, 0.2) is 109 Å². The minimum Gasteiger partial charge on any atom is -0.310 e. The second-order valence-electron chi connectivity index (χ2n) is 7.90. The van der Waals surface area contributed by atoms with Crippen molar-refractivity contribution in [3.63, 3.8) is 0 Å². The second kappa shape index (κ2) is 7.26. The van der Waals surface area contributed by atoms with Crippen LogP contribution in [0.1, 0.15) is 5.56 Å². The van der Waals surface area contributed by atoms with Crippen LogP contribution in [0.3, 0.4) is 0 Å². The third-order valence-corrected chi connectivity index (χ3v) is 7.11. The summed E-state index contributed by atoms with van der Waals surface area (Å²) in [6, 6.07) is 39.3. The van der Waals surface area contributed by atoms with E-state index in [0.29, 0.717) is 0 Å². The Morgan fingerprint density at radius 2 is 1.32 bits per heavy atom. The van der Waals surface area contributed by atoms with Crippen molar-refractivity contribution in [3.05, 3.63) is 115 Å². The molecule has 0 amide bonds. The van der Waals surface area contributed by atoms with Gasteiger partial charge in [0.1, 0.15) is 0 Å². The van der Waals surface area contributed by atoms with Crippen molar-refractivity contribution < 1.29 is 0 Å². The van der Waals surface area contributed by atoms with Crippen LogP contribution in [-0.2, 0) is 0 Å². The summed E-state index contributed by atoms with van der Waals surface area (Å²) in [4.78, 5) is 2.36. The summed E-state index contributed by atoms with van der Waals surface area (Å²) in [5.74, 6) is 0. The van der Waals surface area contributed by atoms with E-state index in [1.807, 2.05) is 11.3 Å². The standard InChI is InChI=1S/C29H21NS/c1-20-9-5-8-14-26(20)30(22-11-3-2-4-12-22)23-16-18-27-25(19-23)29-24-13-7-6-10-21(24)15-17-28(29)31-27/h2-19H,1H3. The second-order valence-corrected chi connectivity index (χ2v) is 8.98. The van der Waals surface area contributed by atoms with Crippen LogP contribution in [0, 0.1) is 6.92 Å². The smallest absolute Gasteiger partial charge is 0.0490 e. The van der Waals surface area contributed by atoms with E-state index in [9.17, 15) is 0 Å². The highest BCUT2D eigenvalue weighted by molar-refractivity contribution is 7.26. The Kier molecular flexibility index (Phi) is 4.26. The molecule has 1 nitrogen and oxygen atoms in total. The van der Waals surface area contributed by atoms with Gasteiger partial charge in [-0.3, -0.25) is 0 Å². The van der Waals surface area contributed by atoms with Crippen LogP contribution in [0.25, 0.3) is 30.9 Å². The molecule has 1 heterocycles. The molecular weight excluding hydrogens is 394 g/mol. The van der Waals surface area contributed by atoms with Crippen molar-refractivity contribution in [2.45, 2.75) is 6.92 Å². The molecule has 31 heavy (non-hydrogen) atoms. The topological polar surface area (TPSA) is 3.24 Å². The number of hydrogen-bond donors (Lipinski definition) is 0. The summed E-state index contributed by atoms with van der Waals surface area (Å²) in [6.07, 6.45) is 0. The molecule has 0 saturated heterocycles. The van der Waals surface area contributed by atoms with Crippen molar-refractivity contribution in [2.24, 2.45) is 0 Å².